The molecule has 0 aliphatic rings. The van der Waals surface area contributed by atoms with Gasteiger partial charge in [0.15, 0.2) is 0 Å². The summed E-state index contributed by atoms with van der Waals surface area (Å²) in [6.07, 6.45) is 0.945. The maximum Gasteiger partial charge on any atom is 0.241 e. The van der Waals surface area contributed by atoms with E-state index in [-0.39, 0.29) is 11.7 Å². The number of rotatable bonds is 6. The number of halogens is 1. The molecule has 0 saturated carbocycles. The molecular weight excluding hydrogens is 355 g/mol. The molecule has 0 heterocycles. The molecule has 0 spiro atoms. The average Bonchev–Trinajstić information content (AvgIpc) is 2.52. The fraction of sp³-hybridized carbons (Fsp3) is 0.316. The van der Waals surface area contributed by atoms with Gasteiger partial charge in [-0.2, -0.15) is 0 Å². The molecule has 0 unspecified atom stereocenters. The number of hydrogen-bond donors (Lipinski definition) is 1. The number of benzene rings is 2. The zero-order valence-corrected chi connectivity index (χ0v) is 16.1. The molecule has 0 saturated heterocycles. The summed E-state index contributed by atoms with van der Waals surface area (Å²) in [5.74, 6) is -1.21. The van der Waals surface area contributed by atoms with Crippen molar-refractivity contribution in [3.63, 3.8) is 0 Å². The highest BCUT2D eigenvalue weighted by atomic mass is 32.2. The first-order valence-corrected chi connectivity index (χ1v) is 10.0. The lowest BCUT2D eigenvalue weighted by molar-refractivity contribution is -0.120. The third-order valence-corrected chi connectivity index (χ3v) is 5.20. The van der Waals surface area contributed by atoms with Gasteiger partial charge in [0.05, 0.1) is 18.0 Å². The van der Waals surface area contributed by atoms with Crippen molar-refractivity contribution in [2.24, 2.45) is 0 Å². The van der Waals surface area contributed by atoms with Gasteiger partial charge in [0.25, 0.3) is 0 Å². The van der Waals surface area contributed by atoms with Crippen molar-refractivity contribution >= 4 is 21.6 Å². The molecule has 0 bridgehead atoms. The number of nitrogens with one attached hydrogen (secondary N) is 1. The lowest BCUT2D eigenvalue weighted by Crippen LogP contribution is -2.41. The third kappa shape index (κ3) is 4.82. The average molecular weight is 378 g/mol. The molecule has 0 fully saturated rings. The van der Waals surface area contributed by atoms with Crippen LogP contribution in [0.1, 0.15) is 29.7 Å². The maximum absolute atomic E-state index is 14.0. The van der Waals surface area contributed by atoms with Crippen molar-refractivity contribution in [2.45, 2.75) is 26.8 Å². The molecule has 2 aromatic carbocycles. The Morgan fingerprint density at radius 1 is 1.19 bits per heavy atom. The highest BCUT2D eigenvalue weighted by Gasteiger charge is 2.24. The summed E-state index contributed by atoms with van der Waals surface area (Å²) in [4.78, 5) is 12.4. The van der Waals surface area contributed by atoms with E-state index in [9.17, 15) is 17.6 Å². The number of carbonyl (C=O) groups is 1. The molecule has 0 aliphatic carbocycles. The maximum atomic E-state index is 14.0. The zero-order valence-electron chi connectivity index (χ0n) is 15.3. The first-order chi connectivity index (χ1) is 12.1. The monoisotopic (exact) mass is 378 g/mol. The number of aryl methyl sites for hydroxylation is 2. The molecule has 1 N–H and O–H groups in total. The van der Waals surface area contributed by atoms with E-state index in [0.29, 0.717) is 0 Å². The summed E-state index contributed by atoms with van der Waals surface area (Å²) in [7, 11) is -3.82. The van der Waals surface area contributed by atoms with Crippen LogP contribution >= 0.6 is 0 Å². The topological polar surface area (TPSA) is 66.5 Å². The summed E-state index contributed by atoms with van der Waals surface area (Å²) in [5.41, 5.74) is 2.95. The van der Waals surface area contributed by atoms with E-state index < -0.39 is 28.3 Å². The summed E-state index contributed by atoms with van der Waals surface area (Å²) >= 11 is 0. The van der Waals surface area contributed by atoms with E-state index in [1.54, 1.807) is 0 Å². The van der Waals surface area contributed by atoms with Crippen LogP contribution in [0, 0.1) is 19.7 Å². The molecule has 140 valence electrons. The normalized spacial score (nSPS) is 12.5. The van der Waals surface area contributed by atoms with Crippen molar-refractivity contribution in [3.05, 3.63) is 65.0 Å². The van der Waals surface area contributed by atoms with Crippen LogP contribution in [0.15, 0.2) is 42.5 Å². The lowest BCUT2D eigenvalue weighted by atomic mass is 10.0. The number of anilines is 1. The van der Waals surface area contributed by atoms with Gasteiger partial charge in [-0.1, -0.05) is 35.9 Å². The number of nitrogens with zero attached hydrogens (tertiary/aromatic N) is 1. The summed E-state index contributed by atoms with van der Waals surface area (Å²) in [6.45, 7) is 5.27. The molecule has 7 heteroatoms. The second kappa shape index (κ2) is 7.86. The van der Waals surface area contributed by atoms with Crippen LogP contribution in [0.25, 0.3) is 0 Å². The quantitative estimate of drug-likeness (QED) is 0.840. The predicted octanol–water partition coefficient (Wildman–Crippen LogP) is 3.09. The standard InChI is InChI=1S/C19H23FN2O3S/c1-13-9-10-16(14(2)11-13)15(3)21-19(23)12-22(26(4,24)25)18-8-6-5-7-17(18)20/h5-11,15H,12H2,1-4H3,(H,21,23)/t15-/m1/s1. The van der Waals surface area contributed by atoms with Crippen molar-refractivity contribution < 1.29 is 17.6 Å². The minimum atomic E-state index is -3.82. The molecule has 5 nitrogen and oxygen atoms in total. The Labute approximate surface area is 153 Å². The molecule has 2 rings (SSSR count). The van der Waals surface area contributed by atoms with Crippen molar-refractivity contribution in [2.75, 3.05) is 17.1 Å². The molecule has 26 heavy (non-hydrogen) atoms. The lowest BCUT2D eigenvalue weighted by Gasteiger charge is -2.24. The Bertz CT molecular complexity index is 913. The van der Waals surface area contributed by atoms with Crippen molar-refractivity contribution in [1.29, 1.82) is 0 Å². The van der Waals surface area contributed by atoms with E-state index in [2.05, 4.69) is 5.32 Å². The van der Waals surface area contributed by atoms with Crippen molar-refractivity contribution in [1.82, 2.24) is 5.32 Å². The molecule has 0 radical (unpaired) electrons. The highest BCUT2D eigenvalue weighted by molar-refractivity contribution is 7.92. The van der Waals surface area contributed by atoms with Gasteiger partial charge >= 0.3 is 0 Å². The van der Waals surface area contributed by atoms with Crippen LogP contribution in [-0.2, 0) is 14.8 Å². The van der Waals surface area contributed by atoms with Gasteiger partial charge in [0.1, 0.15) is 12.4 Å². The second-order valence-electron chi connectivity index (χ2n) is 6.37. The van der Waals surface area contributed by atoms with E-state index >= 15 is 0 Å². The van der Waals surface area contributed by atoms with Crippen LogP contribution in [0.5, 0.6) is 0 Å². The summed E-state index contributed by atoms with van der Waals surface area (Å²) in [6, 6.07) is 11.1. The number of hydrogen-bond acceptors (Lipinski definition) is 3. The first-order valence-electron chi connectivity index (χ1n) is 8.18. The van der Waals surface area contributed by atoms with Crippen LogP contribution in [0.2, 0.25) is 0 Å². The van der Waals surface area contributed by atoms with Gasteiger partial charge in [-0.15, -0.1) is 0 Å². The van der Waals surface area contributed by atoms with Gasteiger partial charge in [-0.25, -0.2) is 12.8 Å². The van der Waals surface area contributed by atoms with E-state index in [1.807, 2.05) is 39.0 Å². The molecule has 0 aliphatic heterocycles. The smallest absolute Gasteiger partial charge is 0.241 e. The fourth-order valence-corrected chi connectivity index (χ4v) is 3.70. The van der Waals surface area contributed by atoms with Gasteiger partial charge < -0.3 is 5.32 Å². The van der Waals surface area contributed by atoms with Crippen LogP contribution in [0.3, 0.4) is 0 Å². The molecule has 1 atom stereocenters. The summed E-state index contributed by atoms with van der Waals surface area (Å²) in [5, 5.41) is 2.78. The largest absolute Gasteiger partial charge is 0.348 e. The Hall–Kier alpha value is -2.41. The molecular formula is C19H23FN2O3S. The van der Waals surface area contributed by atoms with Gasteiger partial charge in [0.2, 0.25) is 15.9 Å². The van der Waals surface area contributed by atoms with Crippen molar-refractivity contribution in [3.8, 4) is 0 Å². The van der Waals surface area contributed by atoms with E-state index in [0.717, 1.165) is 33.3 Å². The van der Waals surface area contributed by atoms with E-state index in [4.69, 9.17) is 0 Å². The molecule has 1 amide bonds. The SMILES string of the molecule is Cc1ccc([C@@H](C)NC(=O)CN(c2ccccc2F)S(C)(=O)=O)c(C)c1. The zero-order chi connectivity index (χ0) is 19.5. The Kier molecular flexibility index (Phi) is 6.02. The Morgan fingerprint density at radius 2 is 1.85 bits per heavy atom. The Morgan fingerprint density at radius 3 is 2.42 bits per heavy atom. The molecule has 2 aromatic rings. The summed E-state index contributed by atoms with van der Waals surface area (Å²) < 4.78 is 38.9. The second-order valence-corrected chi connectivity index (χ2v) is 8.28. The Balaban J connectivity index is 2.19. The third-order valence-electron chi connectivity index (χ3n) is 4.08. The van der Waals surface area contributed by atoms with Gasteiger partial charge in [0, 0.05) is 0 Å². The minimum absolute atomic E-state index is 0.149. The fourth-order valence-electron chi connectivity index (χ4n) is 2.84. The molecule has 0 aromatic heterocycles. The van der Waals surface area contributed by atoms with Crippen LogP contribution in [-0.4, -0.2) is 27.1 Å². The minimum Gasteiger partial charge on any atom is -0.348 e. The predicted molar refractivity (Wildman–Crippen MR) is 101 cm³/mol. The van der Waals surface area contributed by atoms with Crippen LogP contribution < -0.4 is 9.62 Å². The first kappa shape index (κ1) is 19.9. The van der Waals surface area contributed by atoms with E-state index in [1.165, 1.54) is 18.2 Å². The number of carbonyl (C=O) groups excluding carboxylic acids is 1. The highest BCUT2D eigenvalue weighted by Crippen LogP contribution is 2.22. The number of sulfonamides is 1. The number of amides is 1. The van der Waals surface area contributed by atoms with Crippen LogP contribution in [0.4, 0.5) is 10.1 Å². The van der Waals surface area contributed by atoms with Gasteiger partial charge in [-0.3, -0.25) is 9.10 Å². The number of para-hydroxylation sites is 1. The van der Waals surface area contributed by atoms with Gasteiger partial charge in [-0.05, 0) is 44.0 Å².